The quantitative estimate of drug-likeness (QED) is 0.154. The van der Waals surface area contributed by atoms with Crippen molar-refractivity contribution in [3.05, 3.63) is 0 Å². The van der Waals surface area contributed by atoms with E-state index in [1.165, 1.54) is 0 Å². The largest absolute Gasteiger partial charge is 0.409 e. The highest BCUT2D eigenvalue weighted by Gasteiger charge is 2.22. The number of rotatable bonds is 9. The number of amidine groups is 1. The minimum Gasteiger partial charge on any atom is -0.409 e. The molecule has 0 saturated carbocycles. The molecule has 0 radical (unpaired) electrons. The number of amides is 1. The number of unbranched alkanes of at least 4 members (excludes halogenated alkanes) is 1. The van der Waals surface area contributed by atoms with E-state index >= 15 is 0 Å². The summed E-state index contributed by atoms with van der Waals surface area (Å²) in [5.74, 6) is -0.0234. The Balaban J connectivity index is 3.55. The lowest BCUT2D eigenvalue weighted by Crippen LogP contribution is -2.32. The van der Waals surface area contributed by atoms with E-state index in [1.807, 2.05) is 13.8 Å². The molecule has 0 unspecified atom stereocenters. The van der Waals surface area contributed by atoms with E-state index in [9.17, 15) is 4.79 Å². The van der Waals surface area contributed by atoms with Crippen LogP contribution in [0, 0.1) is 5.41 Å². The fourth-order valence-corrected chi connectivity index (χ4v) is 1.42. The van der Waals surface area contributed by atoms with Gasteiger partial charge in [-0.05, 0) is 19.4 Å². The zero-order chi connectivity index (χ0) is 13.3. The number of nitrogens with two attached hydrogens (primary N) is 2. The van der Waals surface area contributed by atoms with Gasteiger partial charge in [-0.3, -0.25) is 4.79 Å². The molecule has 0 bridgehead atoms. The second-order valence-corrected chi connectivity index (χ2v) is 4.79. The SMILES string of the molecule is CC(C)(CCCCNCCC(N)=O)C(N)=NO. The van der Waals surface area contributed by atoms with Gasteiger partial charge in [-0.2, -0.15) is 0 Å². The highest BCUT2D eigenvalue weighted by molar-refractivity contribution is 5.85. The van der Waals surface area contributed by atoms with Crippen LogP contribution in [0.4, 0.5) is 0 Å². The summed E-state index contributed by atoms with van der Waals surface area (Å²) in [5.41, 5.74) is 10.3. The maximum atomic E-state index is 10.5. The van der Waals surface area contributed by atoms with Crippen LogP contribution in [0.1, 0.15) is 39.5 Å². The van der Waals surface area contributed by atoms with Crippen molar-refractivity contribution in [2.45, 2.75) is 39.5 Å². The van der Waals surface area contributed by atoms with Crippen LogP contribution in [-0.4, -0.2) is 30.0 Å². The third kappa shape index (κ3) is 7.57. The van der Waals surface area contributed by atoms with Gasteiger partial charge in [0.05, 0.1) is 0 Å². The van der Waals surface area contributed by atoms with Gasteiger partial charge in [-0.1, -0.05) is 25.4 Å². The van der Waals surface area contributed by atoms with Crippen LogP contribution >= 0.6 is 0 Å². The van der Waals surface area contributed by atoms with Gasteiger partial charge in [-0.15, -0.1) is 0 Å². The maximum absolute atomic E-state index is 10.5. The monoisotopic (exact) mass is 244 g/mol. The summed E-state index contributed by atoms with van der Waals surface area (Å²) in [5, 5.41) is 14.8. The minimum absolute atomic E-state index is 0.263. The molecule has 1 amide bonds. The first-order chi connectivity index (χ1) is 7.90. The first-order valence-electron chi connectivity index (χ1n) is 5.87. The zero-order valence-corrected chi connectivity index (χ0v) is 10.7. The van der Waals surface area contributed by atoms with Crippen molar-refractivity contribution in [1.29, 1.82) is 0 Å². The van der Waals surface area contributed by atoms with Gasteiger partial charge in [0.15, 0.2) is 0 Å². The number of carbonyl (C=O) groups is 1. The minimum atomic E-state index is -0.287. The Bertz CT molecular complexity index is 264. The third-order valence-electron chi connectivity index (χ3n) is 2.75. The van der Waals surface area contributed by atoms with Gasteiger partial charge in [-0.25, -0.2) is 0 Å². The Kier molecular flexibility index (Phi) is 7.29. The number of hydrogen-bond acceptors (Lipinski definition) is 4. The number of nitrogens with one attached hydrogen (secondary N) is 1. The molecule has 6 N–H and O–H groups in total. The molecule has 0 aliphatic rings. The molecule has 6 nitrogen and oxygen atoms in total. The average Bonchev–Trinajstić information content (AvgIpc) is 2.26. The summed E-state index contributed by atoms with van der Waals surface area (Å²) in [6.07, 6.45) is 3.20. The van der Waals surface area contributed by atoms with Crippen LogP contribution in [0.2, 0.25) is 0 Å². The lowest BCUT2D eigenvalue weighted by Gasteiger charge is -2.22. The van der Waals surface area contributed by atoms with Crippen LogP contribution < -0.4 is 16.8 Å². The zero-order valence-electron chi connectivity index (χ0n) is 10.7. The molecule has 100 valence electrons. The van der Waals surface area contributed by atoms with Crippen molar-refractivity contribution in [3.8, 4) is 0 Å². The second kappa shape index (κ2) is 7.89. The van der Waals surface area contributed by atoms with E-state index < -0.39 is 0 Å². The molecule has 0 heterocycles. The van der Waals surface area contributed by atoms with E-state index in [1.54, 1.807) is 0 Å². The Hall–Kier alpha value is -1.30. The number of nitrogens with zero attached hydrogens (tertiary/aromatic N) is 1. The molecule has 0 spiro atoms. The number of primary amides is 1. The van der Waals surface area contributed by atoms with Crippen LogP contribution in [-0.2, 0) is 4.79 Å². The van der Waals surface area contributed by atoms with Crippen molar-refractivity contribution < 1.29 is 10.0 Å². The van der Waals surface area contributed by atoms with E-state index in [0.717, 1.165) is 25.8 Å². The van der Waals surface area contributed by atoms with E-state index in [-0.39, 0.29) is 17.2 Å². The summed E-state index contributed by atoms with van der Waals surface area (Å²) >= 11 is 0. The Morgan fingerprint density at radius 3 is 2.47 bits per heavy atom. The molecule has 0 aromatic rings. The van der Waals surface area contributed by atoms with Crippen molar-refractivity contribution in [2.75, 3.05) is 13.1 Å². The van der Waals surface area contributed by atoms with Gasteiger partial charge in [0.2, 0.25) is 5.91 Å². The lowest BCUT2D eigenvalue weighted by molar-refractivity contribution is -0.117. The first-order valence-corrected chi connectivity index (χ1v) is 5.87. The van der Waals surface area contributed by atoms with Crippen molar-refractivity contribution in [2.24, 2.45) is 22.0 Å². The van der Waals surface area contributed by atoms with Crippen molar-refractivity contribution >= 4 is 11.7 Å². The van der Waals surface area contributed by atoms with Gasteiger partial charge in [0.1, 0.15) is 5.84 Å². The molecule has 0 aliphatic carbocycles. The van der Waals surface area contributed by atoms with E-state index in [2.05, 4.69) is 10.5 Å². The average molecular weight is 244 g/mol. The van der Waals surface area contributed by atoms with Crippen molar-refractivity contribution in [1.82, 2.24) is 5.32 Å². The van der Waals surface area contributed by atoms with E-state index in [4.69, 9.17) is 16.7 Å². The Morgan fingerprint density at radius 2 is 1.94 bits per heavy atom. The second-order valence-electron chi connectivity index (χ2n) is 4.79. The van der Waals surface area contributed by atoms with Crippen molar-refractivity contribution in [3.63, 3.8) is 0 Å². The van der Waals surface area contributed by atoms with E-state index in [0.29, 0.717) is 13.0 Å². The predicted octanol–water partition coefficient (Wildman–Crippen LogP) is 0.394. The Labute approximate surface area is 102 Å². The summed E-state index contributed by atoms with van der Waals surface area (Å²) in [6.45, 7) is 5.36. The molecular formula is C11H24N4O2. The smallest absolute Gasteiger partial charge is 0.218 e. The topological polar surface area (TPSA) is 114 Å². The highest BCUT2D eigenvalue weighted by Crippen LogP contribution is 2.22. The Morgan fingerprint density at radius 1 is 1.29 bits per heavy atom. The maximum Gasteiger partial charge on any atom is 0.218 e. The molecule has 6 heteroatoms. The van der Waals surface area contributed by atoms with Gasteiger partial charge < -0.3 is 22.0 Å². The summed E-state index contributed by atoms with van der Waals surface area (Å²) < 4.78 is 0. The van der Waals surface area contributed by atoms with Crippen LogP contribution in [0.25, 0.3) is 0 Å². The molecule has 0 saturated heterocycles. The molecular weight excluding hydrogens is 220 g/mol. The molecule has 0 aromatic carbocycles. The number of hydrogen-bond donors (Lipinski definition) is 4. The number of oxime groups is 1. The summed E-state index contributed by atoms with van der Waals surface area (Å²) in [6, 6.07) is 0. The first kappa shape index (κ1) is 15.7. The molecule has 0 aromatic heterocycles. The predicted molar refractivity (Wildman–Crippen MR) is 67.7 cm³/mol. The van der Waals surface area contributed by atoms with Crippen LogP contribution in [0.3, 0.4) is 0 Å². The molecule has 0 rings (SSSR count). The standard InChI is InChI=1S/C11H24N4O2/c1-11(2,10(13)15-17)6-3-4-7-14-8-5-9(12)16/h14,17H,3-8H2,1-2H3,(H2,12,16)(H2,13,15). The van der Waals surface area contributed by atoms with Crippen LogP contribution in [0.5, 0.6) is 0 Å². The molecule has 0 fully saturated rings. The van der Waals surface area contributed by atoms with Gasteiger partial charge in [0.25, 0.3) is 0 Å². The highest BCUT2D eigenvalue weighted by atomic mass is 16.4. The lowest BCUT2D eigenvalue weighted by atomic mass is 9.86. The fraction of sp³-hybridized carbons (Fsp3) is 0.818. The number of carbonyl (C=O) groups excluding carboxylic acids is 1. The molecule has 0 atom stereocenters. The third-order valence-corrected chi connectivity index (χ3v) is 2.75. The molecule has 0 aliphatic heterocycles. The van der Waals surface area contributed by atoms with Gasteiger partial charge >= 0.3 is 0 Å². The molecule has 17 heavy (non-hydrogen) atoms. The fourth-order valence-electron chi connectivity index (χ4n) is 1.42. The normalized spacial score (nSPS) is 12.7. The van der Waals surface area contributed by atoms with Crippen LogP contribution in [0.15, 0.2) is 5.16 Å². The summed E-state index contributed by atoms with van der Waals surface area (Å²) in [7, 11) is 0. The van der Waals surface area contributed by atoms with Gasteiger partial charge in [0, 0.05) is 18.4 Å². The summed E-state index contributed by atoms with van der Waals surface area (Å²) in [4.78, 5) is 10.5.